The zero-order chi connectivity index (χ0) is 26.2. The third-order valence-corrected chi connectivity index (χ3v) is 7.97. The molecule has 3 aromatic heterocycles. The number of rotatable bonds is 8. The first-order valence-corrected chi connectivity index (χ1v) is 13.6. The highest BCUT2D eigenvalue weighted by molar-refractivity contribution is 7.18. The molecule has 5 heterocycles. The van der Waals surface area contributed by atoms with Crippen molar-refractivity contribution in [1.82, 2.24) is 29.6 Å². The zero-order valence-corrected chi connectivity index (χ0v) is 21.8. The van der Waals surface area contributed by atoms with Gasteiger partial charge in [0.15, 0.2) is 5.82 Å². The SMILES string of the molecule is CCCC(=O)N1CC[C@H](CNc2nc(N3CCn4c(nnc4C(F)(F)F)C3)c3cc(CCC)sc3n2)C1. The summed E-state index contributed by atoms with van der Waals surface area (Å²) in [5, 5.41) is 11.5. The molecule has 1 fully saturated rings. The topological polar surface area (TPSA) is 92.1 Å². The Morgan fingerprint density at radius 3 is 2.76 bits per heavy atom. The second-order valence-electron chi connectivity index (χ2n) is 9.69. The fraction of sp³-hybridized carbons (Fsp3) is 0.625. The van der Waals surface area contributed by atoms with Crippen LogP contribution in [0, 0.1) is 5.92 Å². The number of halogens is 3. The standard InChI is InChI=1S/C24H31F3N8OS/c1-3-5-16-11-17-20(34-9-10-35-18(14-34)31-32-22(35)24(25,26)27)29-23(30-21(17)37-16)28-12-15-7-8-33(13-15)19(36)6-4-2/h11,15H,3-10,12-14H2,1-2H3,(H,28,29,30)/t15-/m1/s1. The highest BCUT2D eigenvalue weighted by atomic mass is 32.1. The minimum Gasteiger partial charge on any atom is -0.354 e. The molecular formula is C24H31F3N8OS. The summed E-state index contributed by atoms with van der Waals surface area (Å²) in [6.07, 6.45) is -0.249. The van der Waals surface area contributed by atoms with E-state index in [1.165, 1.54) is 4.88 Å². The summed E-state index contributed by atoms with van der Waals surface area (Å²) in [6, 6.07) is 2.09. The Balaban J connectivity index is 1.37. The number of thiophene rings is 1. The normalized spacial score (nSPS) is 18.0. The van der Waals surface area contributed by atoms with Gasteiger partial charge < -0.3 is 19.7 Å². The molecule has 2 aliphatic heterocycles. The number of nitrogens with zero attached hydrogens (tertiary/aromatic N) is 7. The van der Waals surface area contributed by atoms with Gasteiger partial charge in [0.25, 0.3) is 0 Å². The van der Waals surface area contributed by atoms with Crippen LogP contribution in [-0.4, -0.2) is 61.7 Å². The molecule has 2 aliphatic rings. The molecular weight excluding hydrogens is 505 g/mol. The van der Waals surface area contributed by atoms with Crippen molar-refractivity contribution in [2.75, 3.05) is 36.4 Å². The molecule has 0 unspecified atom stereocenters. The van der Waals surface area contributed by atoms with Gasteiger partial charge in [-0.1, -0.05) is 20.3 Å². The molecule has 0 spiro atoms. The Bertz CT molecular complexity index is 1270. The van der Waals surface area contributed by atoms with Gasteiger partial charge in [0, 0.05) is 44.0 Å². The van der Waals surface area contributed by atoms with Crippen molar-refractivity contribution in [2.24, 2.45) is 5.92 Å². The summed E-state index contributed by atoms with van der Waals surface area (Å²) in [5.41, 5.74) is 0. The number of likely N-dealkylation sites (tertiary alicyclic amines) is 1. The minimum atomic E-state index is -4.54. The maximum Gasteiger partial charge on any atom is 0.451 e. The van der Waals surface area contributed by atoms with E-state index in [0.29, 0.717) is 37.2 Å². The molecule has 1 saturated heterocycles. The van der Waals surface area contributed by atoms with E-state index in [0.717, 1.165) is 53.6 Å². The Labute approximate surface area is 217 Å². The maximum atomic E-state index is 13.3. The fourth-order valence-electron chi connectivity index (χ4n) is 5.03. The highest BCUT2D eigenvalue weighted by Gasteiger charge is 2.39. The predicted octanol–water partition coefficient (Wildman–Crippen LogP) is 4.33. The number of fused-ring (bicyclic) bond motifs is 2. The summed E-state index contributed by atoms with van der Waals surface area (Å²) in [4.78, 5) is 27.8. The molecule has 13 heteroatoms. The van der Waals surface area contributed by atoms with E-state index in [1.54, 1.807) is 11.3 Å². The van der Waals surface area contributed by atoms with Gasteiger partial charge >= 0.3 is 6.18 Å². The number of hydrogen-bond acceptors (Lipinski definition) is 8. The summed E-state index contributed by atoms with van der Waals surface area (Å²) in [6.45, 7) is 6.95. The van der Waals surface area contributed by atoms with Crippen molar-refractivity contribution in [1.29, 1.82) is 0 Å². The van der Waals surface area contributed by atoms with Gasteiger partial charge in [0.05, 0.1) is 11.9 Å². The van der Waals surface area contributed by atoms with E-state index >= 15 is 0 Å². The first kappa shape index (κ1) is 25.7. The van der Waals surface area contributed by atoms with Crippen LogP contribution in [0.15, 0.2) is 6.07 Å². The van der Waals surface area contributed by atoms with Gasteiger partial charge in [-0.05, 0) is 31.2 Å². The van der Waals surface area contributed by atoms with Crippen molar-refractivity contribution >= 4 is 39.2 Å². The Morgan fingerprint density at radius 2 is 2.00 bits per heavy atom. The van der Waals surface area contributed by atoms with Gasteiger partial charge in [0.1, 0.15) is 10.6 Å². The molecule has 1 atom stereocenters. The molecule has 0 aliphatic carbocycles. The van der Waals surface area contributed by atoms with E-state index in [1.807, 2.05) is 16.7 Å². The highest BCUT2D eigenvalue weighted by Crippen LogP contribution is 2.35. The number of carbonyl (C=O) groups excluding carboxylic acids is 1. The molecule has 0 radical (unpaired) electrons. The lowest BCUT2D eigenvalue weighted by Crippen LogP contribution is -2.36. The molecule has 0 bridgehead atoms. The first-order valence-electron chi connectivity index (χ1n) is 12.8. The molecule has 0 saturated carbocycles. The van der Waals surface area contributed by atoms with Crippen molar-refractivity contribution in [3.8, 4) is 0 Å². The van der Waals surface area contributed by atoms with Crippen LogP contribution in [-0.2, 0) is 30.5 Å². The summed E-state index contributed by atoms with van der Waals surface area (Å²) >= 11 is 1.62. The van der Waals surface area contributed by atoms with E-state index < -0.39 is 12.0 Å². The number of nitrogens with one attached hydrogen (secondary N) is 1. The Morgan fingerprint density at radius 1 is 1.16 bits per heavy atom. The third-order valence-electron chi connectivity index (χ3n) is 6.88. The number of amides is 1. The number of anilines is 2. The molecule has 200 valence electrons. The smallest absolute Gasteiger partial charge is 0.354 e. The van der Waals surface area contributed by atoms with Crippen LogP contribution < -0.4 is 10.2 Å². The molecule has 0 aromatic carbocycles. The van der Waals surface area contributed by atoms with Gasteiger partial charge in [-0.15, -0.1) is 21.5 Å². The summed E-state index contributed by atoms with van der Waals surface area (Å²) in [7, 11) is 0. The van der Waals surface area contributed by atoms with Crippen LogP contribution in [0.4, 0.5) is 24.9 Å². The van der Waals surface area contributed by atoms with Crippen LogP contribution in [0.1, 0.15) is 56.1 Å². The van der Waals surface area contributed by atoms with Crippen molar-refractivity contribution < 1.29 is 18.0 Å². The zero-order valence-electron chi connectivity index (χ0n) is 21.0. The van der Waals surface area contributed by atoms with E-state index in [4.69, 9.17) is 9.97 Å². The molecule has 1 N–H and O–H groups in total. The number of aromatic nitrogens is 5. The van der Waals surface area contributed by atoms with Crippen molar-refractivity contribution in [3.05, 3.63) is 22.6 Å². The van der Waals surface area contributed by atoms with Gasteiger partial charge in [-0.3, -0.25) is 4.79 Å². The Kier molecular flexibility index (Phi) is 7.24. The van der Waals surface area contributed by atoms with Crippen LogP contribution in [0.3, 0.4) is 0 Å². The van der Waals surface area contributed by atoms with Crippen molar-refractivity contribution in [3.63, 3.8) is 0 Å². The second-order valence-corrected chi connectivity index (χ2v) is 10.8. The molecule has 1 amide bonds. The lowest BCUT2D eigenvalue weighted by atomic mass is 10.1. The van der Waals surface area contributed by atoms with Crippen LogP contribution >= 0.6 is 11.3 Å². The summed E-state index contributed by atoms with van der Waals surface area (Å²) < 4.78 is 41.0. The average molecular weight is 537 g/mol. The second kappa shape index (κ2) is 10.4. The van der Waals surface area contributed by atoms with E-state index in [2.05, 4.69) is 28.5 Å². The van der Waals surface area contributed by atoms with Crippen molar-refractivity contribution in [2.45, 2.75) is 65.2 Å². The molecule has 3 aromatic rings. The predicted molar refractivity (Wildman–Crippen MR) is 136 cm³/mol. The first-order chi connectivity index (χ1) is 17.8. The lowest BCUT2D eigenvalue weighted by molar-refractivity contribution is -0.147. The quantitative estimate of drug-likeness (QED) is 0.458. The summed E-state index contributed by atoms with van der Waals surface area (Å²) in [5.74, 6) is 1.03. The molecule has 9 nitrogen and oxygen atoms in total. The fourth-order valence-corrected chi connectivity index (χ4v) is 6.15. The number of carbonyl (C=O) groups is 1. The molecule has 5 rings (SSSR count). The number of hydrogen-bond donors (Lipinski definition) is 1. The monoisotopic (exact) mass is 536 g/mol. The average Bonchev–Trinajstić information content (AvgIpc) is 3.59. The number of alkyl halides is 3. The van der Waals surface area contributed by atoms with Gasteiger partial charge in [-0.2, -0.15) is 18.2 Å². The maximum absolute atomic E-state index is 13.3. The Hall–Kier alpha value is -2.96. The van der Waals surface area contributed by atoms with Crippen LogP contribution in [0.25, 0.3) is 10.2 Å². The number of aryl methyl sites for hydroxylation is 1. The van der Waals surface area contributed by atoms with Crippen LogP contribution in [0.5, 0.6) is 0 Å². The van der Waals surface area contributed by atoms with Gasteiger partial charge in [0.2, 0.25) is 17.7 Å². The molecule has 37 heavy (non-hydrogen) atoms. The lowest BCUT2D eigenvalue weighted by Gasteiger charge is -2.29. The van der Waals surface area contributed by atoms with E-state index in [-0.39, 0.29) is 24.8 Å². The van der Waals surface area contributed by atoms with Crippen LogP contribution in [0.2, 0.25) is 0 Å². The van der Waals surface area contributed by atoms with E-state index in [9.17, 15) is 18.0 Å². The minimum absolute atomic E-state index is 0.126. The van der Waals surface area contributed by atoms with Gasteiger partial charge in [-0.25, -0.2) is 4.98 Å². The third kappa shape index (κ3) is 5.36. The largest absolute Gasteiger partial charge is 0.451 e.